The Kier molecular flexibility index (Phi) is 5.44. The Morgan fingerprint density at radius 2 is 1.91 bits per heavy atom. The lowest BCUT2D eigenvalue weighted by Gasteiger charge is -2.21. The van der Waals surface area contributed by atoms with E-state index in [0.717, 1.165) is 12.1 Å². The van der Waals surface area contributed by atoms with E-state index >= 15 is 0 Å². The molecule has 7 heteroatoms. The van der Waals surface area contributed by atoms with Crippen LogP contribution in [0.4, 0.5) is 14.5 Å². The van der Waals surface area contributed by atoms with Crippen LogP contribution in [0.5, 0.6) is 0 Å². The summed E-state index contributed by atoms with van der Waals surface area (Å²) in [7, 11) is 0. The van der Waals surface area contributed by atoms with Gasteiger partial charge in [0.2, 0.25) is 5.91 Å². The lowest BCUT2D eigenvalue weighted by molar-refractivity contribution is -0.118. The van der Waals surface area contributed by atoms with E-state index < -0.39 is 23.6 Å². The van der Waals surface area contributed by atoms with Crippen molar-refractivity contribution >= 4 is 28.8 Å². The van der Waals surface area contributed by atoms with Gasteiger partial charge in [-0.15, -0.1) is 11.3 Å². The topological polar surface area (TPSA) is 58.2 Å². The number of halogens is 2. The minimum Gasteiger partial charge on any atom is -0.339 e. The highest BCUT2D eigenvalue weighted by Gasteiger charge is 2.25. The van der Waals surface area contributed by atoms with Gasteiger partial charge in [0.05, 0.1) is 10.6 Å². The van der Waals surface area contributed by atoms with Gasteiger partial charge in [-0.25, -0.2) is 8.78 Å². The molecule has 0 radical (unpaired) electrons. The van der Waals surface area contributed by atoms with Gasteiger partial charge in [0.15, 0.2) is 0 Å². The fourth-order valence-corrected chi connectivity index (χ4v) is 2.58. The summed E-state index contributed by atoms with van der Waals surface area (Å²) in [5.41, 5.74) is -0.132. The average Bonchev–Trinajstić information content (AvgIpc) is 3.01. The number of nitrogens with one attached hydrogen (secondary N) is 2. The fraction of sp³-hybridized carbons (Fsp3) is 0.250. The second kappa shape index (κ2) is 7.32. The van der Waals surface area contributed by atoms with E-state index in [9.17, 15) is 18.4 Å². The quantitative estimate of drug-likeness (QED) is 0.878. The number of carbonyl (C=O) groups is 2. The second-order valence-corrected chi connectivity index (χ2v) is 6.23. The van der Waals surface area contributed by atoms with Gasteiger partial charge in [-0.2, -0.15) is 0 Å². The largest absolute Gasteiger partial charge is 0.339 e. The molecule has 1 aromatic carbocycles. The van der Waals surface area contributed by atoms with Crippen LogP contribution < -0.4 is 10.6 Å². The molecule has 23 heavy (non-hydrogen) atoms. The Balaban J connectivity index is 2.10. The van der Waals surface area contributed by atoms with Gasteiger partial charge in [0.1, 0.15) is 17.7 Å². The first-order chi connectivity index (χ1) is 10.9. The molecule has 2 N–H and O–H groups in total. The van der Waals surface area contributed by atoms with E-state index in [1.807, 2.05) is 0 Å². The Morgan fingerprint density at radius 1 is 1.17 bits per heavy atom. The first-order valence-corrected chi connectivity index (χ1v) is 7.86. The zero-order chi connectivity index (χ0) is 17.0. The molecule has 0 unspecified atom stereocenters. The van der Waals surface area contributed by atoms with Crippen LogP contribution in [0.2, 0.25) is 0 Å². The van der Waals surface area contributed by atoms with E-state index in [1.165, 1.54) is 11.3 Å². The molecule has 0 saturated carbocycles. The highest BCUT2D eigenvalue weighted by atomic mass is 32.1. The molecule has 1 heterocycles. The van der Waals surface area contributed by atoms with Crippen molar-refractivity contribution in [1.82, 2.24) is 5.32 Å². The molecule has 1 atom stereocenters. The standard InChI is InChI=1S/C16H16F2N2O2S/c1-9(2)14(20-15(21)13-4-3-7-23-13)16(22)19-12-6-5-10(17)8-11(12)18/h3-9,14H,1-2H3,(H,19,22)(H,20,21)/t14-/m1/s1. The van der Waals surface area contributed by atoms with Gasteiger partial charge >= 0.3 is 0 Å². The van der Waals surface area contributed by atoms with Gasteiger partial charge in [-0.05, 0) is 29.5 Å². The zero-order valence-electron chi connectivity index (χ0n) is 12.6. The van der Waals surface area contributed by atoms with E-state index in [0.29, 0.717) is 10.9 Å². The molecule has 0 spiro atoms. The summed E-state index contributed by atoms with van der Waals surface area (Å²) >= 11 is 1.26. The third kappa shape index (κ3) is 4.35. The van der Waals surface area contributed by atoms with Crippen LogP contribution in [0.25, 0.3) is 0 Å². The predicted molar refractivity (Wildman–Crippen MR) is 85.4 cm³/mol. The van der Waals surface area contributed by atoms with Crippen molar-refractivity contribution in [1.29, 1.82) is 0 Å². The predicted octanol–water partition coefficient (Wildman–Crippen LogP) is 3.42. The first-order valence-electron chi connectivity index (χ1n) is 6.98. The molecular formula is C16H16F2N2O2S. The summed E-state index contributed by atoms with van der Waals surface area (Å²) in [6, 6.07) is 5.42. The molecule has 2 rings (SSSR count). The van der Waals surface area contributed by atoms with Crippen LogP contribution in [0.15, 0.2) is 35.7 Å². The van der Waals surface area contributed by atoms with Crippen molar-refractivity contribution in [3.05, 3.63) is 52.2 Å². The lowest BCUT2D eigenvalue weighted by Crippen LogP contribution is -2.47. The Morgan fingerprint density at radius 3 is 2.48 bits per heavy atom. The van der Waals surface area contributed by atoms with Crippen molar-refractivity contribution < 1.29 is 18.4 Å². The lowest BCUT2D eigenvalue weighted by atomic mass is 10.0. The monoisotopic (exact) mass is 338 g/mol. The number of amides is 2. The second-order valence-electron chi connectivity index (χ2n) is 5.29. The van der Waals surface area contributed by atoms with Crippen molar-refractivity contribution in [2.75, 3.05) is 5.32 Å². The van der Waals surface area contributed by atoms with Crippen LogP contribution in [-0.2, 0) is 4.79 Å². The van der Waals surface area contributed by atoms with Gasteiger partial charge < -0.3 is 10.6 Å². The number of anilines is 1. The summed E-state index contributed by atoms with van der Waals surface area (Å²) in [6.45, 7) is 3.53. The smallest absolute Gasteiger partial charge is 0.262 e. The molecule has 0 fully saturated rings. The van der Waals surface area contributed by atoms with Crippen LogP contribution in [-0.4, -0.2) is 17.9 Å². The number of rotatable bonds is 5. The van der Waals surface area contributed by atoms with E-state index in [2.05, 4.69) is 10.6 Å². The van der Waals surface area contributed by atoms with Crippen LogP contribution in [0, 0.1) is 17.6 Å². The minimum absolute atomic E-state index is 0.132. The Hall–Kier alpha value is -2.28. The molecule has 1 aromatic heterocycles. The van der Waals surface area contributed by atoms with Gasteiger partial charge in [0, 0.05) is 6.07 Å². The SMILES string of the molecule is CC(C)[C@@H](NC(=O)c1cccs1)C(=O)Nc1ccc(F)cc1F. The van der Waals surface area contributed by atoms with Gasteiger partial charge in [-0.3, -0.25) is 9.59 Å². The van der Waals surface area contributed by atoms with Crippen LogP contribution >= 0.6 is 11.3 Å². The number of carbonyl (C=O) groups excluding carboxylic acids is 2. The summed E-state index contributed by atoms with van der Waals surface area (Å²) < 4.78 is 26.5. The fourth-order valence-electron chi connectivity index (χ4n) is 1.96. The third-order valence-electron chi connectivity index (χ3n) is 3.17. The Bertz CT molecular complexity index is 702. The maximum Gasteiger partial charge on any atom is 0.262 e. The van der Waals surface area contributed by atoms with Crippen molar-refractivity contribution in [2.45, 2.75) is 19.9 Å². The summed E-state index contributed by atoms with van der Waals surface area (Å²) in [5, 5.41) is 6.77. The van der Waals surface area contributed by atoms with Crippen LogP contribution in [0.1, 0.15) is 23.5 Å². The van der Waals surface area contributed by atoms with Gasteiger partial charge in [0.25, 0.3) is 5.91 Å². The number of thiophene rings is 1. The highest BCUT2D eigenvalue weighted by molar-refractivity contribution is 7.12. The van der Waals surface area contributed by atoms with Crippen molar-refractivity contribution in [2.24, 2.45) is 5.92 Å². The molecule has 0 aliphatic rings. The third-order valence-corrected chi connectivity index (χ3v) is 4.04. The normalized spacial score (nSPS) is 12.0. The minimum atomic E-state index is -0.870. The molecule has 122 valence electrons. The number of benzene rings is 1. The molecule has 0 bridgehead atoms. The molecule has 0 saturated heterocycles. The Labute approximate surface area is 136 Å². The van der Waals surface area contributed by atoms with E-state index in [-0.39, 0.29) is 17.5 Å². The molecule has 2 aromatic rings. The van der Waals surface area contributed by atoms with Crippen LogP contribution in [0.3, 0.4) is 0 Å². The van der Waals surface area contributed by atoms with Gasteiger partial charge in [-0.1, -0.05) is 19.9 Å². The number of hydrogen-bond donors (Lipinski definition) is 2. The summed E-state index contributed by atoms with van der Waals surface area (Å²) in [4.78, 5) is 24.9. The number of hydrogen-bond acceptors (Lipinski definition) is 3. The highest BCUT2D eigenvalue weighted by Crippen LogP contribution is 2.17. The zero-order valence-corrected chi connectivity index (χ0v) is 13.4. The molecule has 2 amide bonds. The summed E-state index contributed by atoms with van der Waals surface area (Å²) in [6.07, 6.45) is 0. The molecule has 0 aliphatic carbocycles. The summed E-state index contributed by atoms with van der Waals surface area (Å²) in [5.74, 6) is -2.73. The molecular weight excluding hydrogens is 322 g/mol. The van der Waals surface area contributed by atoms with E-state index in [1.54, 1.807) is 31.4 Å². The maximum atomic E-state index is 13.6. The van der Waals surface area contributed by atoms with Crippen molar-refractivity contribution in [3.8, 4) is 0 Å². The average molecular weight is 338 g/mol. The first kappa shape index (κ1) is 17.1. The molecule has 4 nitrogen and oxygen atoms in total. The van der Waals surface area contributed by atoms with Crippen molar-refractivity contribution in [3.63, 3.8) is 0 Å². The molecule has 0 aliphatic heterocycles. The van der Waals surface area contributed by atoms with E-state index in [4.69, 9.17) is 0 Å². The maximum absolute atomic E-state index is 13.6.